The van der Waals surface area contributed by atoms with Gasteiger partial charge in [0.15, 0.2) is 0 Å². The Bertz CT molecular complexity index is 450. The van der Waals surface area contributed by atoms with E-state index in [1.54, 1.807) is 28.1 Å². The number of hydrogen-bond acceptors (Lipinski definition) is 4. The normalized spacial score (nSPS) is 11.4. The SMILES string of the molecule is COc1cc(N(C)CC(C)(C)O)c(OC)c(C)c1C. The average Bonchev–Trinajstić information content (AvgIpc) is 2.30. The van der Waals surface area contributed by atoms with Crippen LogP contribution in [0.3, 0.4) is 0 Å². The summed E-state index contributed by atoms with van der Waals surface area (Å²) in [5.41, 5.74) is 2.27. The average molecular weight is 267 g/mol. The van der Waals surface area contributed by atoms with Gasteiger partial charge in [-0.3, -0.25) is 0 Å². The molecule has 0 heterocycles. The van der Waals surface area contributed by atoms with Crippen molar-refractivity contribution >= 4 is 5.69 Å². The quantitative estimate of drug-likeness (QED) is 0.890. The van der Waals surface area contributed by atoms with Crippen molar-refractivity contribution in [2.24, 2.45) is 0 Å². The number of aliphatic hydroxyl groups is 1. The molecule has 0 bridgehead atoms. The zero-order valence-corrected chi connectivity index (χ0v) is 13.0. The van der Waals surface area contributed by atoms with Gasteiger partial charge in [-0.05, 0) is 38.8 Å². The first-order valence-electron chi connectivity index (χ1n) is 6.37. The molecule has 0 atom stereocenters. The van der Waals surface area contributed by atoms with E-state index >= 15 is 0 Å². The minimum Gasteiger partial charge on any atom is -0.496 e. The van der Waals surface area contributed by atoms with Crippen LogP contribution in [0.1, 0.15) is 25.0 Å². The van der Waals surface area contributed by atoms with Crippen molar-refractivity contribution < 1.29 is 14.6 Å². The number of likely N-dealkylation sites (N-methyl/N-ethyl adjacent to an activating group) is 1. The van der Waals surface area contributed by atoms with Crippen molar-refractivity contribution in [3.8, 4) is 11.5 Å². The van der Waals surface area contributed by atoms with E-state index in [-0.39, 0.29) is 0 Å². The summed E-state index contributed by atoms with van der Waals surface area (Å²) in [7, 11) is 5.26. The number of hydrogen-bond donors (Lipinski definition) is 1. The molecule has 1 N–H and O–H groups in total. The van der Waals surface area contributed by atoms with Crippen LogP contribution in [-0.2, 0) is 0 Å². The summed E-state index contributed by atoms with van der Waals surface area (Å²) < 4.78 is 10.9. The Morgan fingerprint density at radius 2 is 1.74 bits per heavy atom. The fraction of sp³-hybridized carbons (Fsp3) is 0.600. The Labute approximate surface area is 115 Å². The number of ether oxygens (including phenoxy) is 2. The van der Waals surface area contributed by atoms with Crippen LogP contribution in [0.15, 0.2) is 6.07 Å². The molecular formula is C15H25NO3. The number of anilines is 1. The van der Waals surface area contributed by atoms with Gasteiger partial charge in [-0.15, -0.1) is 0 Å². The van der Waals surface area contributed by atoms with Crippen molar-refractivity contribution in [3.63, 3.8) is 0 Å². The molecule has 4 nitrogen and oxygen atoms in total. The fourth-order valence-corrected chi connectivity index (χ4v) is 2.26. The van der Waals surface area contributed by atoms with Gasteiger partial charge in [0.1, 0.15) is 11.5 Å². The molecule has 0 aliphatic heterocycles. The summed E-state index contributed by atoms with van der Waals surface area (Å²) in [6.07, 6.45) is 0. The molecule has 1 aromatic rings. The second kappa shape index (κ2) is 5.70. The van der Waals surface area contributed by atoms with Crippen LogP contribution in [0.5, 0.6) is 11.5 Å². The predicted molar refractivity (Wildman–Crippen MR) is 78.6 cm³/mol. The van der Waals surface area contributed by atoms with Crippen LogP contribution in [0.2, 0.25) is 0 Å². The van der Waals surface area contributed by atoms with Crippen molar-refractivity contribution in [2.45, 2.75) is 33.3 Å². The highest BCUT2D eigenvalue weighted by atomic mass is 16.5. The Morgan fingerprint density at radius 3 is 2.16 bits per heavy atom. The lowest BCUT2D eigenvalue weighted by atomic mass is 10.0. The summed E-state index contributed by atoms with van der Waals surface area (Å²) in [5.74, 6) is 1.65. The van der Waals surface area contributed by atoms with Crippen LogP contribution < -0.4 is 14.4 Å². The Hall–Kier alpha value is -1.42. The molecule has 0 aromatic heterocycles. The summed E-state index contributed by atoms with van der Waals surface area (Å²) in [5, 5.41) is 9.95. The molecule has 4 heteroatoms. The summed E-state index contributed by atoms with van der Waals surface area (Å²) in [6, 6.07) is 1.95. The highest BCUT2D eigenvalue weighted by Gasteiger charge is 2.21. The third-order valence-corrected chi connectivity index (χ3v) is 3.23. The molecule has 0 unspecified atom stereocenters. The van der Waals surface area contributed by atoms with Gasteiger partial charge in [0.05, 0.1) is 25.5 Å². The number of nitrogens with zero attached hydrogens (tertiary/aromatic N) is 1. The first-order valence-corrected chi connectivity index (χ1v) is 6.37. The summed E-state index contributed by atoms with van der Waals surface area (Å²) in [4.78, 5) is 1.98. The van der Waals surface area contributed by atoms with Crippen molar-refractivity contribution in [3.05, 3.63) is 17.2 Å². The lowest BCUT2D eigenvalue weighted by molar-refractivity contribution is 0.0885. The van der Waals surface area contributed by atoms with Gasteiger partial charge in [-0.1, -0.05) is 0 Å². The van der Waals surface area contributed by atoms with Gasteiger partial charge in [-0.2, -0.15) is 0 Å². The van der Waals surface area contributed by atoms with E-state index in [1.807, 2.05) is 31.9 Å². The van der Waals surface area contributed by atoms with E-state index in [9.17, 15) is 5.11 Å². The minimum absolute atomic E-state index is 0.509. The molecule has 1 aromatic carbocycles. The van der Waals surface area contributed by atoms with Gasteiger partial charge >= 0.3 is 0 Å². The molecule has 108 valence electrons. The monoisotopic (exact) mass is 267 g/mol. The highest BCUT2D eigenvalue weighted by Crippen LogP contribution is 2.39. The molecular weight excluding hydrogens is 242 g/mol. The molecule has 0 aliphatic carbocycles. The maximum Gasteiger partial charge on any atom is 0.145 e. The van der Waals surface area contributed by atoms with E-state index in [0.29, 0.717) is 6.54 Å². The third kappa shape index (κ3) is 3.53. The van der Waals surface area contributed by atoms with Gasteiger partial charge in [0.2, 0.25) is 0 Å². The maximum absolute atomic E-state index is 9.95. The largest absolute Gasteiger partial charge is 0.496 e. The first kappa shape index (κ1) is 15.6. The minimum atomic E-state index is -0.772. The molecule has 0 fully saturated rings. The van der Waals surface area contributed by atoms with E-state index in [0.717, 1.165) is 28.3 Å². The molecule has 0 aliphatic rings. The molecule has 0 saturated carbocycles. The zero-order valence-electron chi connectivity index (χ0n) is 13.0. The van der Waals surface area contributed by atoms with E-state index in [4.69, 9.17) is 9.47 Å². The van der Waals surface area contributed by atoms with Crippen LogP contribution in [-0.4, -0.2) is 38.5 Å². The number of rotatable bonds is 5. The molecule has 1 rings (SSSR count). The number of methoxy groups -OCH3 is 2. The van der Waals surface area contributed by atoms with Crippen LogP contribution in [0, 0.1) is 13.8 Å². The van der Waals surface area contributed by atoms with Crippen LogP contribution >= 0.6 is 0 Å². The highest BCUT2D eigenvalue weighted by molar-refractivity contribution is 5.67. The third-order valence-electron chi connectivity index (χ3n) is 3.23. The number of benzene rings is 1. The fourth-order valence-electron chi connectivity index (χ4n) is 2.26. The standard InChI is InChI=1S/C15H25NO3/c1-10-11(2)14(19-7)12(8-13(10)18-6)16(5)9-15(3,4)17/h8,17H,9H2,1-7H3. The van der Waals surface area contributed by atoms with Gasteiger partial charge in [-0.25, -0.2) is 0 Å². The summed E-state index contributed by atoms with van der Waals surface area (Å²) >= 11 is 0. The lowest BCUT2D eigenvalue weighted by Crippen LogP contribution is -2.36. The smallest absolute Gasteiger partial charge is 0.145 e. The van der Waals surface area contributed by atoms with Gasteiger partial charge < -0.3 is 19.5 Å². The van der Waals surface area contributed by atoms with E-state index in [2.05, 4.69) is 0 Å². The molecule has 0 amide bonds. The Morgan fingerprint density at radius 1 is 1.16 bits per heavy atom. The van der Waals surface area contributed by atoms with Crippen molar-refractivity contribution in [1.29, 1.82) is 0 Å². The van der Waals surface area contributed by atoms with Gasteiger partial charge in [0, 0.05) is 19.7 Å². The predicted octanol–water partition coefficient (Wildman–Crippen LogP) is 2.53. The van der Waals surface area contributed by atoms with Crippen LogP contribution in [0.25, 0.3) is 0 Å². The lowest BCUT2D eigenvalue weighted by Gasteiger charge is -2.29. The molecule has 0 saturated heterocycles. The van der Waals surface area contributed by atoms with E-state index < -0.39 is 5.60 Å². The Kier molecular flexibility index (Phi) is 4.69. The molecule has 0 spiro atoms. The van der Waals surface area contributed by atoms with E-state index in [1.165, 1.54) is 0 Å². The van der Waals surface area contributed by atoms with Crippen LogP contribution in [0.4, 0.5) is 5.69 Å². The summed E-state index contributed by atoms with van der Waals surface area (Å²) in [6.45, 7) is 8.10. The second-order valence-electron chi connectivity index (χ2n) is 5.55. The van der Waals surface area contributed by atoms with Crippen molar-refractivity contribution in [2.75, 3.05) is 32.7 Å². The first-order chi connectivity index (χ1) is 8.71. The zero-order chi connectivity index (χ0) is 14.8. The second-order valence-corrected chi connectivity index (χ2v) is 5.55. The van der Waals surface area contributed by atoms with Crippen molar-refractivity contribution in [1.82, 2.24) is 0 Å². The maximum atomic E-state index is 9.95. The van der Waals surface area contributed by atoms with Gasteiger partial charge in [0.25, 0.3) is 0 Å². The molecule has 0 radical (unpaired) electrons. The molecule has 19 heavy (non-hydrogen) atoms. The topological polar surface area (TPSA) is 41.9 Å². The Balaban J connectivity index is 3.29.